The Hall–Kier alpha value is -2.89. The number of primary amides is 1. The first-order valence-electron chi connectivity index (χ1n) is 6.77. The first-order valence-corrected chi connectivity index (χ1v) is 6.77. The first kappa shape index (κ1) is 15.5. The van der Waals surface area contributed by atoms with Gasteiger partial charge in [-0.25, -0.2) is 0 Å². The van der Waals surface area contributed by atoms with Crippen LogP contribution in [0.5, 0.6) is 5.75 Å². The van der Waals surface area contributed by atoms with Gasteiger partial charge in [0.05, 0.1) is 12.7 Å². The molecular formula is C16H17N3O3. The number of para-hydroxylation sites is 1. The average Bonchev–Trinajstić information content (AvgIpc) is 2.55. The van der Waals surface area contributed by atoms with Crippen LogP contribution in [-0.4, -0.2) is 30.5 Å². The molecule has 0 saturated heterocycles. The SMILES string of the molecule is COc1ccccc1CCNC(=O)c1ccc(C(N)=O)cn1. The minimum atomic E-state index is -0.573. The lowest BCUT2D eigenvalue weighted by atomic mass is 10.1. The van der Waals surface area contributed by atoms with Crippen LogP contribution in [0.1, 0.15) is 26.4 Å². The van der Waals surface area contributed by atoms with Gasteiger partial charge in [-0.2, -0.15) is 0 Å². The van der Waals surface area contributed by atoms with Crippen molar-refractivity contribution in [2.24, 2.45) is 5.73 Å². The van der Waals surface area contributed by atoms with Gasteiger partial charge in [-0.15, -0.1) is 0 Å². The van der Waals surface area contributed by atoms with E-state index in [4.69, 9.17) is 10.5 Å². The fourth-order valence-electron chi connectivity index (χ4n) is 1.98. The van der Waals surface area contributed by atoms with Crippen LogP contribution in [0.4, 0.5) is 0 Å². The van der Waals surface area contributed by atoms with E-state index in [1.54, 1.807) is 7.11 Å². The zero-order valence-corrected chi connectivity index (χ0v) is 12.2. The van der Waals surface area contributed by atoms with E-state index in [-0.39, 0.29) is 17.2 Å². The van der Waals surface area contributed by atoms with Gasteiger partial charge in [0.2, 0.25) is 5.91 Å². The summed E-state index contributed by atoms with van der Waals surface area (Å²) in [5, 5.41) is 2.77. The number of hydrogen-bond donors (Lipinski definition) is 2. The number of carbonyl (C=O) groups excluding carboxylic acids is 2. The van der Waals surface area contributed by atoms with Crippen molar-refractivity contribution in [3.8, 4) is 5.75 Å². The third-order valence-electron chi connectivity index (χ3n) is 3.15. The summed E-state index contributed by atoms with van der Waals surface area (Å²) < 4.78 is 5.25. The van der Waals surface area contributed by atoms with Crippen molar-refractivity contribution in [2.45, 2.75) is 6.42 Å². The molecule has 1 aromatic heterocycles. The predicted octanol–water partition coefficient (Wildman–Crippen LogP) is 1.16. The fraction of sp³-hybridized carbons (Fsp3) is 0.188. The van der Waals surface area contributed by atoms with Gasteiger partial charge in [-0.1, -0.05) is 18.2 Å². The van der Waals surface area contributed by atoms with Crippen LogP contribution in [0.15, 0.2) is 42.6 Å². The summed E-state index contributed by atoms with van der Waals surface area (Å²) in [7, 11) is 1.61. The monoisotopic (exact) mass is 299 g/mol. The summed E-state index contributed by atoms with van der Waals surface area (Å²) in [6.07, 6.45) is 1.94. The van der Waals surface area contributed by atoms with Gasteiger partial charge in [0, 0.05) is 12.7 Å². The molecule has 0 spiro atoms. The Morgan fingerprint density at radius 3 is 2.64 bits per heavy atom. The molecule has 2 aromatic rings. The number of nitrogens with two attached hydrogens (primary N) is 1. The summed E-state index contributed by atoms with van der Waals surface area (Å²) in [6.45, 7) is 0.457. The summed E-state index contributed by atoms with van der Waals surface area (Å²) in [5.41, 5.74) is 6.65. The Morgan fingerprint density at radius 2 is 2.00 bits per heavy atom. The molecular weight excluding hydrogens is 282 g/mol. The molecule has 3 N–H and O–H groups in total. The van der Waals surface area contributed by atoms with Crippen molar-refractivity contribution in [3.05, 3.63) is 59.4 Å². The highest BCUT2D eigenvalue weighted by Gasteiger charge is 2.09. The van der Waals surface area contributed by atoms with Gasteiger partial charge < -0.3 is 15.8 Å². The fourth-order valence-corrected chi connectivity index (χ4v) is 1.98. The van der Waals surface area contributed by atoms with E-state index in [0.717, 1.165) is 11.3 Å². The molecule has 1 heterocycles. The highest BCUT2D eigenvalue weighted by molar-refractivity contribution is 5.95. The molecule has 0 radical (unpaired) electrons. The molecule has 0 atom stereocenters. The molecule has 0 saturated carbocycles. The van der Waals surface area contributed by atoms with E-state index in [0.29, 0.717) is 13.0 Å². The second kappa shape index (κ2) is 7.21. The Kier molecular flexibility index (Phi) is 5.08. The molecule has 0 bridgehead atoms. The normalized spacial score (nSPS) is 10.0. The van der Waals surface area contributed by atoms with E-state index >= 15 is 0 Å². The van der Waals surface area contributed by atoms with E-state index in [1.807, 2.05) is 24.3 Å². The average molecular weight is 299 g/mol. The number of pyridine rings is 1. The van der Waals surface area contributed by atoms with Crippen molar-refractivity contribution >= 4 is 11.8 Å². The molecule has 6 heteroatoms. The number of hydrogen-bond acceptors (Lipinski definition) is 4. The summed E-state index contributed by atoms with van der Waals surface area (Å²) in [4.78, 5) is 26.8. The maximum absolute atomic E-state index is 11.9. The number of benzene rings is 1. The topological polar surface area (TPSA) is 94.3 Å². The Labute approximate surface area is 128 Å². The largest absolute Gasteiger partial charge is 0.496 e. The second-order valence-corrected chi connectivity index (χ2v) is 4.61. The van der Waals surface area contributed by atoms with E-state index in [1.165, 1.54) is 18.3 Å². The van der Waals surface area contributed by atoms with Crippen molar-refractivity contribution in [1.29, 1.82) is 0 Å². The van der Waals surface area contributed by atoms with Crippen LogP contribution in [0, 0.1) is 0 Å². The van der Waals surface area contributed by atoms with E-state index in [2.05, 4.69) is 10.3 Å². The van der Waals surface area contributed by atoms with Crippen molar-refractivity contribution < 1.29 is 14.3 Å². The molecule has 0 aliphatic heterocycles. The highest BCUT2D eigenvalue weighted by atomic mass is 16.5. The number of nitrogens with zero attached hydrogens (tertiary/aromatic N) is 1. The zero-order valence-electron chi connectivity index (χ0n) is 12.2. The minimum Gasteiger partial charge on any atom is -0.496 e. The summed E-state index contributed by atoms with van der Waals surface area (Å²) >= 11 is 0. The molecule has 22 heavy (non-hydrogen) atoms. The van der Waals surface area contributed by atoms with Crippen LogP contribution < -0.4 is 15.8 Å². The van der Waals surface area contributed by atoms with Crippen molar-refractivity contribution in [1.82, 2.24) is 10.3 Å². The second-order valence-electron chi connectivity index (χ2n) is 4.61. The standard InChI is InChI=1S/C16H17N3O3/c1-22-14-5-3-2-4-11(14)8-9-18-16(21)13-7-6-12(10-19-13)15(17)20/h2-7,10H,8-9H2,1H3,(H2,17,20)(H,18,21). The first-order chi connectivity index (χ1) is 10.6. The molecule has 1 aromatic carbocycles. The molecule has 0 aliphatic rings. The minimum absolute atomic E-state index is 0.241. The molecule has 0 fully saturated rings. The number of amides is 2. The number of aromatic nitrogens is 1. The molecule has 0 unspecified atom stereocenters. The van der Waals surface area contributed by atoms with Crippen LogP contribution >= 0.6 is 0 Å². The maximum atomic E-state index is 11.9. The predicted molar refractivity (Wildman–Crippen MR) is 81.8 cm³/mol. The number of nitrogens with one attached hydrogen (secondary N) is 1. The number of methoxy groups -OCH3 is 1. The Balaban J connectivity index is 1.91. The van der Waals surface area contributed by atoms with Crippen molar-refractivity contribution in [2.75, 3.05) is 13.7 Å². The summed E-state index contributed by atoms with van der Waals surface area (Å²) in [5.74, 6) is -0.0813. The lowest BCUT2D eigenvalue weighted by Gasteiger charge is -2.09. The number of carbonyl (C=O) groups is 2. The van der Waals surface area contributed by atoms with Gasteiger partial charge in [0.15, 0.2) is 0 Å². The van der Waals surface area contributed by atoms with Crippen LogP contribution in [0.2, 0.25) is 0 Å². The van der Waals surface area contributed by atoms with E-state index < -0.39 is 5.91 Å². The van der Waals surface area contributed by atoms with Gasteiger partial charge in [0.25, 0.3) is 5.91 Å². The smallest absolute Gasteiger partial charge is 0.269 e. The lowest BCUT2D eigenvalue weighted by Crippen LogP contribution is -2.26. The zero-order chi connectivity index (χ0) is 15.9. The molecule has 114 valence electrons. The van der Waals surface area contributed by atoms with Crippen LogP contribution in [0.25, 0.3) is 0 Å². The van der Waals surface area contributed by atoms with Gasteiger partial charge in [-0.3, -0.25) is 14.6 Å². The van der Waals surface area contributed by atoms with Crippen LogP contribution in [-0.2, 0) is 6.42 Å². The molecule has 6 nitrogen and oxygen atoms in total. The van der Waals surface area contributed by atoms with Gasteiger partial charge in [0.1, 0.15) is 11.4 Å². The molecule has 2 rings (SSSR count). The molecule has 0 aliphatic carbocycles. The van der Waals surface area contributed by atoms with Gasteiger partial charge >= 0.3 is 0 Å². The maximum Gasteiger partial charge on any atom is 0.269 e. The quantitative estimate of drug-likeness (QED) is 0.837. The third-order valence-corrected chi connectivity index (χ3v) is 3.15. The highest BCUT2D eigenvalue weighted by Crippen LogP contribution is 2.17. The van der Waals surface area contributed by atoms with Crippen LogP contribution in [0.3, 0.4) is 0 Å². The molecule has 2 amide bonds. The van der Waals surface area contributed by atoms with E-state index in [9.17, 15) is 9.59 Å². The third kappa shape index (κ3) is 3.82. The lowest BCUT2D eigenvalue weighted by molar-refractivity contribution is 0.0946. The number of ether oxygens (including phenoxy) is 1. The van der Waals surface area contributed by atoms with Crippen molar-refractivity contribution in [3.63, 3.8) is 0 Å². The Bertz CT molecular complexity index is 669. The Morgan fingerprint density at radius 1 is 1.23 bits per heavy atom. The summed E-state index contributed by atoms with van der Waals surface area (Å²) in [6, 6.07) is 10.6. The number of rotatable bonds is 6. The van der Waals surface area contributed by atoms with Gasteiger partial charge in [-0.05, 0) is 30.2 Å².